The zero-order chi connectivity index (χ0) is 15.5. The Morgan fingerprint density at radius 2 is 1.43 bits per heavy atom. The largest absolute Gasteiger partial charge is 0.302 e. The second-order valence-electron chi connectivity index (χ2n) is 6.46. The van der Waals surface area contributed by atoms with E-state index in [1.54, 1.807) is 0 Å². The van der Waals surface area contributed by atoms with Crippen LogP contribution in [0.1, 0.15) is 43.5 Å². The van der Waals surface area contributed by atoms with Crippen LogP contribution in [0, 0.1) is 11.8 Å². The Hall–Kier alpha value is -1.64. The molecule has 0 aliphatic carbocycles. The Labute approximate surface area is 144 Å². The molecule has 1 aliphatic rings. The summed E-state index contributed by atoms with van der Waals surface area (Å²) in [7, 11) is 0. The number of rotatable bonds is 3. The molecule has 3 unspecified atom stereocenters. The van der Waals surface area contributed by atoms with Crippen molar-refractivity contribution in [2.75, 3.05) is 0 Å². The highest BCUT2D eigenvalue weighted by Crippen LogP contribution is 2.38. The van der Waals surface area contributed by atoms with Crippen molar-refractivity contribution in [2.45, 2.75) is 32.4 Å². The first-order valence-corrected chi connectivity index (χ1v) is 8.05. The van der Waals surface area contributed by atoms with Crippen LogP contribution in [0.25, 0.3) is 0 Å². The number of halogens is 1. The quantitative estimate of drug-likeness (QED) is 0.882. The van der Waals surface area contributed by atoms with Crippen LogP contribution >= 0.6 is 12.4 Å². The Kier molecular flexibility index (Phi) is 5.97. The highest BCUT2D eigenvalue weighted by atomic mass is 35.5. The maximum absolute atomic E-state index is 12.8. The lowest BCUT2D eigenvalue weighted by Gasteiger charge is -2.39. The minimum atomic E-state index is 0. The molecule has 0 amide bonds. The first kappa shape index (κ1) is 17.7. The molecule has 1 saturated heterocycles. The second-order valence-corrected chi connectivity index (χ2v) is 6.46. The predicted molar refractivity (Wildman–Crippen MR) is 96.7 cm³/mol. The van der Waals surface area contributed by atoms with E-state index in [-0.39, 0.29) is 30.4 Å². The van der Waals surface area contributed by atoms with Gasteiger partial charge in [0.15, 0.2) is 0 Å². The summed E-state index contributed by atoms with van der Waals surface area (Å²) in [5.41, 5.74) is 2.40. The van der Waals surface area contributed by atoms with Gasteiger partial charge >= 0.3 is 0 Å². The van der Waals surface area contributed by atoms with E-state index in [0.717, 1.165) is 0 Å². The molecular weight excluding hydrogens is 306 g/mol. The Balaban J connectivity index is 0.00000192. The van der Waals surface area contributed by atoms with Crippen molar-refractivity contribution in [2.24, 2.45) is 11.8 Å². The molecule has 122 valence electrons. The second kappa shape index (κ2) is 7.76. The van der Waals surface area contributed by atoms with Gasteiger partial charge in [-0.15, -0.1) is 12.4 Å². The average molecular weight is 330 g/mol. The number of piperidine rings is 1. The van der Waals surface area contributed by atoms with Crippen molar-refractivity contribution in [1.82, 2.24) is 5.32 Å². The van der Waals surface area contributed by atoms with Gasteiger partial charge in [0, 0.05) is 24.4 Å². The van der Waals surface area contributed by atoms with E-state index < -0.39 is 0 Å². The summed E-state index contributed by atoms with van der Waals surface area (Å²) >= 11 is 0. The summed E-state index contributed by atoms with van der Waals surface area (Å²) < 4.78 is 0. The van der Waals surface area contributed by atoms with Crippen LogP contribution in [-0.2, 0) is 4.79 Å². The molecule has 0 bridgehead atoms. The molecule has 23 heavy (non-hydrogen) atoms. The zero-order valence-electron chi connectivity index (χ0n) is 13.6. The highest BCUT2D eigenvalue weighted by molar-refractivity contribution is 5.85. The smallest absolute Gasteiger partial charge is 0.140 e. The number of carbonyl (C=O) groups is 1. The standard InChI is InChI=1S/C20H23NO.ClH/c1-14(2)19-18(22)13-17(15-9-5-3-6-10-15)21-20(19)16-11-7-4-8-12-16;/h3-12,14,17,19-21H,13H2,1-2H3;1H. The first-order chi connectivity index (χ1) is 10.7. The van der Waals surface area contributed by atoms with Gasteiger partial charge in [-0.05, 0) is 17.0 Å². The maximum Gasteiger partial charge on any atom is 0.140 e. The van der Waals surface area contributed by atoms with Crippen LogP contribution in [0.2, 0.25) is 0 Å². The molecule has 2 nitrogen and oxygen atoms in total. The lowest BCUT2D eigenvalue weighted by atomic mass is 9.75. The molecule has 3 rings (SSSR count). The molecule has 2 aromatic rings. The molecule has 0 spiro atoms. The van der Waals surface area contributed by atoms with Gasteiger partial charge in [0.05, 0.1) is 0 Å². The zero-order valence-corrected chi connectivity index (χ0v) is 14.4. The van der Waals surface area contributed by atoms with Crippen LogP contribution in [0.15, 0.2) is 60.7 Å². The summed E-state index contributed by atoms with van der Waals surface area (Å²) in [4.78, 5) is 12.8. The normalized spacial score (nSPS) is 24.3. The fourth-order valence-electron chi connectivity index (χ4n) is 3.52. The number of nitrogens with one attached hydrogen (secondary N) is 1. The molecule has 0 aromatic heterocycles. The molecule has 1 fully saturated rings. The van der Waals surface area contributed by atoms with E-state index in [2.05, 4.69) is 43.4 Å². The summed E-state index contributed by atoms with van der Waals surface area (Å²) in [5, 5.41) is 3.73. The van der Waals surface area contributed by atoms with Crippen molar-refractivity contribution in [3.05, 3.63) is 71.8 Å². The third kappa shape index (κ3) is 3.82. The van der Waals surface area contributed by atoms with E-state index in [1.165, 1.54) is 11.1 Å². The summed E-state index contributed by atoms with van der Waals surface area (Å²) in [6, 6.07) is 20.8. The monoisotopic (exact) mass is 329 g/mol. The van der Waals surface area contributed by atoms with Crippen LogP contribution in [-0.4, -0.2) is 5.78 Å². The number of Topliss-reactive ketones (excluding diaryl/α,β-unsaturated/α-hetero) is 1. The Bertz CT molecular complexity index is 627. The number of hydrogen-bond acceptors (Lipinski definition) is 2. The van der Waals surface area contributed by atoms with E-state index >= 15 is 0 Å². The van der Waals surface area contributed by atoms with Crippen LogP contribution in [0.5, 0.6) is 0 Å². The highest BCUT2D eigenvalue weighted by Gasteiger charge is 2.38. The minimum Gasteiger partial charge on any atom is -0.302 e. The predicted octanol–water partition coefficient (Wildman–Crippen LogP) is 4.73. The van der Waals surface area contributed by atoms with Crippen molar-refractivity contribution in [3.8, 4) is 0 Å². The van der Waals surface area contributed by atoms with Crippen molar-refractivity contribution < 1.29 is 4.79 Å². The topological polar surface area (TPSA) is 29.1 Å². The van der Waals surface area contributed by atoms with Gasteiger partial charge in [-0.3, -0.25) is 4.79 Å². The van der Waals surface area contributed by atoms with Gasteiger partial charge in [0.2, 0.25) is 0 Å². The van der Waals surface area contributed by atoms with Crippen molar-refractivity contribution in [3.63, 3.8) is 0 Å². The van der Waals surface area contributed by atoms with E-state index in [4.69, 9.17) is 0 Å². The van der Waals surface area contributed by atoms with Gasteiger partial charge in [-0.25, -0.2) is 0 Å². The summed E-state index contributed by atoms with van der Waals surface area (Å²) in [5.74, 6) is 0.751. The molecule has 0 saturated carbocycles. The molecule has 3 heteroatoms. The van der Waals surface area contributed by atoms with Gasteiger partial charge in [-0.2, -0.15) is 0 Å². The van der Waals surface area contributed by atoms with Crippen LogP contribution in [0.3, 0.4) is 0 Å². The van der Waals surface area contributed by atoms with E-state index in [0.29, 0.717) is 18.1 Å². The van der Waals surface area contributed by atoms with Gasteiger partial charge in [0.25, 0.3) is 0 Å². The molecular formula is C20H24ClNO. The summed E-state index contributed by atoms with van der Waals surface area (Å²) in [6.07, 6.45) is 0.580. The van der Waals surface area contributed by atoms with Crippen molar-refractivity contribution >= 4 is 18.2 Å². The van der Waals surface area contributed by atoms with E-state index in [9.17, 15) is 4.79 Å². The Morgan fingerprint density at radius 3 is 1.96 bits per heavy atom. The Morgan fingerprint density at radius 1 is 0.913 bits per heavy atom. The number of benzene rings is 2. The van der Waals surface area contributed by atoms with E-state index in [1.807, 2.05) is 36.4 Å². The number of ketones is 1. The lowest BCUT2D eigenvalue weighted by molar-refractivity contribution is -0.128. The first-order valence-electron chi connectivity index (χ1n) is 8.05. The minimum absolute atomic E-state index is 0. The molecule has 2 aromatic carbocycles. The third-order valence-corrected chi connectivity index (χ3v) is 4.60. The molecule has 1 N–H and O–H groups in total. The molecule has 1 heterocycles. The lowest BCUT2D eigenvalue weighted by Crippen LogP contribution is -2.44. The SMILES string of the molecule is CC(C)C1C(=O)CC(c2ccccc2)NC1c1ccccc1.Cl. The molecule has 0 radical (unpaired) electrons. The van der Waals surface area contributed by atoms with Crippen molar-refractivity contribution in [1.29, 1.82) is 0 Å². The third-order valence-electron chi connectivity index (χ3n) is 4.60. The van der Waals surface area contributed by atoms with Gasteiger partial charge in [0.1, 0.15) is 5.78 Å². The molecule has 1 aliphatic heterocycles. The molecule has 3 atom stereocenters. The van der Waals surface area contributed by atoms with Gasteiger partial charge < -0.3 is 5.32 Å². The fourth-order valence-corrected chi connectivity index (χ4v) is 3.52. The van der Waals surface area contributed by atoms with Gasteiger partial charge in [-0.1, -0.05) is 74.5 Å². The van der Waals surface area contributed by atoms with Crippen LogP contribution in [0.4, 0.5) is 0 Å². The maximum atomic E-state index is 12.8. The number of hydrogen-bond donors (Lipinski definition) is 1. The summed E-state index contributed by atoms with van der Waals surface area (Å²) in [6.45, 7) is 4.28. The fraction of sp³-hybridized carbons (Fsp3) is 0.350. The average Bonchev–Trinajstić information content (AvgIpc) is 2.55. The van der Waals surface area contributed by atoms with Crippen LogP contribution < -0.4 is 5.32 Å². The number of carbonyl (C=O) groups excluding carboxylic acids is 1.